The van der Waals surface area contributed by atoms with E-state index in [1.165, 1.54) is 43.4 Å². The fourth-order valence-corrected chi connectivity index (χ4v) is 4.28. The number of hydrogen-bond acceptors (Lipinski definition) is 3. The van der Waals surface area contributed by atoms with Gasteiger partial charge in [-0.05, 0) is 44.4 Å². The van der Waals surface area contributed by atoms with Crippen LogP contribution in [0.15, 0.2) is 6.07 Å². The quantitative estimate of drug-likeness (QED) is 0.669. The third kappa shape index (κ3) is 5.19. The molecule has 2 nitrogen and oxygen atoms in total. The molecule has 20 heavy (non-hydrogen) atoms. The zero-order valence-corrected chi connectivity index (χ0v) is 14.3. The summed E-state index contributed by atoms with van der Waals surface area (Å²) in [5, 5.41) is 3.47. The Morgan fingerprint density at radius 2 is 2.10 bits per heavy atom. The van der Waals surface area contributed by atoms with Crippen LogP contribution in [-0.4, -0.2) is 19.3 Å². The van der Waals surface area contributed by atoms with Crippen molar-refractivity contribution in [2.45, 2.75) is 57.6 Å². The van der Waals surface area contributed by atoms with Crippen LogP contribution >= 0.6 is 34.5 Å². The van der Waals surface area contributed by atoms with Gasteiger partial charge in [-0.25, -0.2) is 0 Å². The third-order valence-corrected chi connectivity index (χ3v) is 5.34. The van der Waals surface area contributed by atoms with E-state index in [2.05, 4.69) is 12.2 Å². The average molecular weight is 336 g/mol. The smallest absolute Gasteiger partial charge is 0.0991 e. The molecule has 1 atom stereocenters. The Bertz CT molecular complexity index is 405. The van der Waals surface area contributed by atoms with Crippen molar-refractivity contribution in [1.29, 1.82) is 0 Å². The van der Waals surface area contributed by atoms with E-state index in [-0.39, 0.29) is 6.04 Å². The molecular weight excluding hydrogens is 313 g/mol. The number of halogens is 2. The second-order valence-corrected chi connectivity index (χ2v) is 7.73. The molecule has 0 saturated heterocycles. The largest absolute Gasteiger partial charge is 0.378 e. The first-order valence-electron chi connectivity index (χ1n) is 7.46. The molecule has 114 valence electrons. The molecule has 1 fully saturated rings. The fraction of sp³-hybridized carbons (Fsp3) is 0.733. The summed E-state index contributed by atoms with van der Waals surface area (Å²) in [6.45, 7) is 3.91. The van der Waals surface area contributed by atoms with Crippen molar-refractivity contribution in [3.05, 3.63) is 20.3 Å². The van der Waals surface area contributed by atoms with E-state index in [1.54, 1.807) is 0 Å². The minimum absolute atomic E-state index is 0.237. The van der Waals surface area contributed by atoms with Crippen LogP contribution in [0, 0.1) is 0 Å². The highest BCUT2D eigenvalue weighted by atomic mass is 35.5. The van der Waals surface area contributed by atoms with Gasteiger partial charge in [-0.3, -0.25) is 0 Å². The third-order valence-electron chi connectivity index (χ3n) is 3.83. The minimum Gasteiger partial charge on any atom is -0.378 e. The second-order valence-electron chi connectivity index (χ2n) is 5.44. The molecule has 5 heteroatoms. The minimum atomic E-state index is 0.237. The standard InChI is InChI=1S/C15H23Cl2NOS/c1-11(13-10-14(16)20-15(13)17)18-8-5-9-19-12-6-3-2-4-7-12/h10-12,18H,2-9H2,1H3. The van der Waals surface area contributed by atoms with Crippen LogP contribution in [0.25, 0.3) is 0 Å². The van der Waals surface area contributed by atoms with Crippen LogP contribution in [0.2, 0.25) is 8.67 Å². The monoisotopic (exact) mass is 335 g/mol. The van der Waals surface area contributed by atoms with Gasteiger partial charge in [-0.2, -0.15) is 0 Å². The molecule has 1 aromatic heterocycles. The molecule has 0 radical (unpaired) electrons. The van der Waals surface area contributed by atoms with E-state index in [9.17, 15) is 0 Å². The van der Waals surface area contributed by atoms with E-state index in [0.29, 0.717) is 6.10 Å². The second kappa shape index (κ2) is 8.60. The summed E-state index contributed by atoms with van der Waals surface area (Å²) in [6, 6.07) is 2.19. The molecule has 1 aliphatic carbocycles. The maximum atomic E-state index is 6.15. The van der Waals surface area contributed by atoms with Crippen molar-refractivity contribution in [2.75, 3.05) is 13.2 Å². The summed E-state index contributed by atoms with van der Waals surface area (Å²) >= 11 is 13.5. The molecule has 0 aliphatic heterocycles. The lowest BCUT2D eigenvalue weighted by molar-refractivity contribution is 0.0271. The molecule has 1 unspecified atom stereocenters. The van der Waals surface area contributed by atoms with Gasteiger partial charge in [-0.1, -0.05) is 42.5 Å². The summed E-state index contributed by atoms with van der Waals surface area (Å²) in [6.07, 6.45) is 8.07. The van der Waals surface area contributed by atoms with Gasteiger partial charge in [0.15, 0.2) is 0 Å². The van der Waals surface area contributed by atoms with E-state index < -0.39 is 0 Å². The van der Waals surface area contributed by atoms with Gasteiger partial charge in [-0.15, -0.1) is 11.3 Å². The van der Waals surface area contributed by atoms with Crippen LogP contribution in [0.5, 0.6) is 0 Å². The number of hydrogen-bond donors (Lipinski definition) is 1. The van der Waals surface area contributed by atoms with Gasteiger partial charge >= 0.3 is 0 Å². The zero-order valence-electron chi connectivity index (χ0n) is 12.0. The van der Waals surface area contributed by atoms with Crippen molar-refractivity contribution in [2.24, 2.45) is 0 Å². The van der Waals surface area contributed by atoms with Crippen LogP contribution < -0.4 is 5.32 Å². The molecule has 1 aromatic rings. The Balaban J connectivity index is 1.59. The van der Waals surface area contributed by atoms with Gasteiger partial charge < -0.3 is 10.1 Å². The number of nitrogens with one attached hydrogen (secondary N) is 1. The zero-order chi connectivity index (χ0) is 14.4. The normalized spacial score (nSPS) is 18.4. The Labute approximate surface area is 135 Å². The SMILES string of the molecule is CC(NCCCOC1CCCCC1)c1cc(Cl)sc1Cl. The maximum Gasteiger partial charge on any atom is 0.0991 e. The van der Waals surface area contributed by atoms with Crippen molar-refractivity contribution in [3.8, 4) is 0 Å². The predicted octanol–water partition coefficient (Wildman–Crippen LogP) is 5.44. The van der Waals surface area contributed by atoms with E-state index in [0.717, 1.165) is 33.8 Å². The molecule has 0 amide bonds. The van der Waals surface area contributed by atoms with Crippen LogP contribution in [0.3, 0.4) is 0 Å². The lowest BCUT2D eigenvalue weighted by Crippen LogP contribution is -2.23. The first kappa shape index (κ1) is 16.6. The molecule has 1 heterocycles. The van der Waals surface area contributed by atoms with Crippen LogP contribution in [0.4, 0.5) is 0 Å². The lowest BCUT2D eigenvalue weighted by Gasteiger charge is -2.22. The number of ether oxygens (including phenoxy) is 1. The summed E-state index contributed by atoms with van der Waals surface area (Å²) < 4.78 is 7.45. The Morgan fingerprint density at radius 3 is 2.75 bits per heavy atom. The summed E-state index contributed by atoms with van der Waals surface area (Å²) in [4.78, 5) is 0. The lowest BCUT2D eigenvalue weighted by atomic mass is 9.98. The Hall–Kier alpha value is 0.200. The summed E-state index contributed by atoms with van der Waals surface area (Å²) in [5.74, 6) is 0. The first-order chi connectivity index (χ1) is 9.66. The Morgan fingerprint density at radius 1 is 1.35 bits per heavy atom. The molecule has 0 aromatic carbocycles. The van der Waals surface area contributed by atoms with E-state index in [4.69, 9.17) is 27.9 Å². The van der Waals surface area contributed by atoms with Crippen LogP contribution in [-0.2, 0) is 4.74 Å². The number of rotatable bonds is 7. The van der Waals surface area contributed by atoms with Gasteiger partial charge in [0, 0.05) is 12.6 Å². The maximum absolute atomic E-state index is 6.15. The molecule has 1 N–H and O–H groups in total. The highest BCUT2D eigenvalue weighted by Gasteiger charge is 2.14. The highest BCUT2D eigenvalue weighted by molar-refractivity contribution is 7.20. The predicted molar refractivity (Wildman–Crippen MR) is 88.2 cm³/mol. The van der Waals surface area contributed by atoms with Gasteiger partial charge in [0.05, 0.1) is 14.8 Å². The highest BCUT2D eigenvalue weighted by Crippen LogP contribution is 2.34. The molecule has 0 spiro atoms. The molecule has 1 saturated carbocycles. The Kier molecular flexibility index (Phi) is 7.12. The topological polar surface area (TPSA) is 21.3 Å². The van der Waals surface area contributed by atoms with Crippen molar-refractivity contribution < 1.29 is 4.74 Å². The molecule has 0 bridgehead atoms. The molecule has 1 aliphatic rings. The molecular formula is C15H23Cl2NOS. The first-order valence-corrected chi connectivity index (χ1v) is 9.04. The van der Waals surface area contributed by atoms with Crippen molar-refractivity contribution in [1.82, 2.24) is 5.32 Å². The van der Waals surface area contributed by atoms with Gasteiger partial charge in [0.1, 0.15) is 0 Å². The van der Waals surface area contributed by atoms with E-state index in [1.807, 2.05) is 6.07 Å². The van der Waals surface area contributed by atoms with Crippen molar-refractivity contribution in [3.63, 3.8) is 0 Å². The van der Waals surface area contributed by atoms with Crippen molar-refractivity contribution >= 4 is 34.5 Å². The average Bonchev–Trinajstić information content (AvgIpc) is 2.78. The van der Waals surface area contributed by atoms with Gasteiger partial charge in [0.2, 0.25) is 0 Å². The summed E-state index contributed by atoms with van der Waals surface area (Å²) in [7, 11) is 0. The van der Waals surface area contributed by atoms with Gasteiger partial charge in [0.25, 0.3) is 0 Å². The van der Waals surface area contributed by atoms with Crippen LogP contribution in [0.1, 0.15) is 57.1 Å². The van der Waals surface area contributed by atoms with E-state index >= 15 is 0 Å². The molecule has 2 rings (SSSR count). The summed E-state index contributed by atoms with van der Waals surface area (Å²) in [5.41, 5.74) is 1.09. The fourth-order valence-electron chi connectivity index (χ4n) is 2.63. The number of thiophene rings is 1.